The van der Waals surface area contributed by atoms with Gasteiger partial charge in [0.1, 0.15) is 5.75 Å². The van der Waals surface area contributed by atoms with Crippen LogP contribution in [0.2, 0.25) is 0 Å². The Kier molecular flexibility index (Phi) is 10.7. The highest BCUT2D eigenvalue weighted by atomic mass is 16.5. The minimum absolute atomic E-state index is 0.211. The Bertz CT molecular complexity index is 1030. The fourth-order valence-electron chi connectivity index (χ4n) is 3.91. The van der Waals surface area contributed by atoms with Crippen LogP contribution >= 0.6 is 0 Å². The van der Waals surface area contributed by atoms with E-state index in [0.717, 1.165) is 18.5 Å². The van der Waals surface area contributed by atoms with Gasteiger partial charge in [0.15, 0.2) is 5.41 Å². The molecule has 1 atom stereocenters. The summed E-state index contributed by atoms with van der Waals surface area (Å²) < 4.78 is 15.3. The largest absolute Gasteiger partial charge is 0.496 e. The average Bonchev–Trinajstić information content (AvgIpc) is 2.89. The van der Waals surface area contributed by atoms with E-state index >= 15 is 0 Å². The van der Waals surface area contributed by atoms with Crippen molar-refractivity contribution < 1.29 is 28.9 Å². The molecule has 2 rings (SSSR count). The number of carbonyl (C=O) groups is 2. The van der Waals surface area contributed by atoms with Gasteiger partial charge in [-0.15, -0.1) is 0 Å². The predicted molar refractivity (Wildman–Crippen MR) is 131 cm³/mol. The quantitative estimate of drug-likeness (QED) is 0.434. The second-order valence-corrected chi connectivity index (χ2v) is 8.27. The van der Waals surface area contributed by atoms with Crippen LogP contribution in [0.3, 0.4) is 0 Å². The highest BCUT2D eigenvalue weighted by molar-refractivity contribution is 5.89. The van der Waals surface area contributed by atoms with Crippen molar-refractivity contribution >= 4 is 11.9 Å². The van der Waals surface area contributed by atoms with Crippen molar-refractivity contribution in [3.63, 3.8) is 0 Å². The van der Waals surface area contributed by atoms with E-state index in [2.05, 4.69) is 11.0 Å². The molecule has 0 amide bonds. The number of esters is 2. The molecule has 0 aliphatic rings. The van der Waals surface area contributed by atoms with Gasteiger partial charge in [0.05, 0.1) is 39.1 Å². The molecular formula is C27H34N2O6. The zero-order valence-electron chi connectivity index (χ0n) is 20.9. The number of ether oxygens (including phenoxy) is 3. The summed E-state index contributed by atoms with van der Waals surface area (Å²) in [6.45, 7) is 3.36. The van der Waals surface area contributed by atoms with Gasteiger partial charge < -0.3 is 24.2 Å². The van der Waals surface area contributed by atoms with Crippen molar-refractivity contribution in [1.82, 2.24) is 4.90 Å². The number of benzene rings is 2. The third-order valence-electron chi connectivity index (χ3n) is 6.01. The van der Waals surface area contributed by atoms with E-state index in [1.165, 1.54) is 14.2 Å². The molecule has 1 unspecified atom stereocenters. The molecule has 0 saturated carbocycles. The molecule has 0 aromatic heterocycles. The summed E-state index contributed by atoms with van der Waals surface area (Å²) in [5, 5.41) is 19.5. The van der Waals surface area contributed by atoms with Gasteiger partial charge in [0.2, 0.25) is 0 Å². The number of likely N-dealkylation sites (N-methyl/N-ethyl adjacent to an activating group) is 1. The van der Waals surface area contributed by atoms with Crippen molar-refractivity contribution in [3.8, 4) is 11.8 Å². The third kappa shape index (κ3) is 7.04. The molecule has 1 N–H and O–H groups in total. The molecule has 0 bridgehead atoms. The van der Waals surface area contributed by atoms with Gasteiger partial charge in [-0.1, -0.05) is 24.3 Å². The monoisotopic (exact) mass is 482 g/mol. The summed E-state index contributed by atoms with van der Waals surface area (Å²) in [7, 11) is 4.73. The fourth-order valence-corrected chi connectivity index (χ4v) is 3.91. The number of hydrogen-bond donors (Lipinski definition) is 1. The molecule has 2 aromatic rings. The molecule has 0 radical (unpaired) electrons. The van der Waals surface area contributed by atoms with E-state index in [-0.39, 0.29) is 19.0 Å². The molecule has 0 saturated heterocycles. The average molecular weight is 483 g/mol. The number of aliphatic hydroxyl groups excluding tert-OH is 1. The zero-order chi connectivity index (χ0) is 25.8. The van der Waals surface area contributed by atoms with E-state index in [0.29, 0.717) is 42.0 Å². The molecule has 188 valence electrons. The molecule has 2 aromatic carbocycles. The number of rotatable bonds is 13. The van der Waals surface area contributed by atoms with Gasteiger partial charge in [-0.2, -0.15) is 5.26 Å². The first-order valence-electron chi connectivity index (χ1n) is 11.6. The summed E-state index contributed by atoms with van der Waals surface area (Å²) in [6, 6.07) is 14.5. The molecule has 0 aliphatic heterocycles. The molecule has 0 aliphatic carbocycles. The van der Waals surface area contributed by atoms with Crippen molar-refractivity contribution in [2.75, 3.05) is 41.0 Å². The van der Waals surface area contributed by atoms with Crippen molar-refractivity contribution in [2.24, 2.45) is 0 Å². The normalized spacial score (nSPS) is 12.5. The number of nitriles is 1. The Labute approximate surface area is 207 Å². The van der Waals surface area contributed by atoms with Crippen molar-refractivity contribution in [3.05, 3.63) is 64.7 Å². The minimum Gasteiger partial charge on any atom is -0.496 e. The second-order valence-electron chi connectivity index (χ2n) is 8.27. The first kappa shape index (κ1) is 27.8. The smallest absolute Gasteiger partial charge is 0.338 e. The van der Waals surface area contributed by atoms with Gasteiger partial charge in [0.25, 0.3) is 0 Å². The molecule has 35 heavy (non-hydrogen) atoms. The fraction of sp³-hybridized carbons (Fsp3) is 0.444. The van der Waals surface area contributed by atoms with E-state index in [1.807, 2.05) is 19.2 Å². The Balaban J connectivity index is 2.01. The number of nitrogens with zero attached hydrogens (tertiary/aromatic N) is 2. The van der Waals surface area contributed by atoms with Crippen LogP contribution < -0.4 is 4.74 Å². The SMILES string of the molecule is CCOC(=O)c1ccc(CCN(C)CCCC(C#N)(C(=O)OC)c2ccc(CO)c(OC)c2)cc1. The van der Waals surface area contributed by atoms with E-state index in [9.17, 15) is 20.0 Å². The summed E-state index contributed by atoms with van der Waals surface area (Å²) in [5.41, 5.74) is 1.21. The molecule has 8 nitrogen and oxygen atoms in total. The van der Waals surface area contributed by atoms with Gasteiger partial charge in [-0.3, -0.25) is 0 Å². The van der Waals surface area contributed by atoms with Crippen LogP contribution in [0.4, 0.5) is 0 Å². The lowest BCUT2D eigenvalue weighted by molar-refractivity contribution is -0.145. The lowest BCUT2D eigenvalue weighted by atomic mass is 9.77. The number of methoxy groups -OCH3 is 2. The predicted octanol–water partition coefficient (Wildman–Crippen LogP) is 3.25. The van der Waals surface area contributed by atoms with E-state index in [1.54, 1.807) is 37.3 Å². The van der Waals surface area contributed by atoms with Gasteiger partial charge in [-0.05, 0) is 69.1 Å². The van der Waals surface area contributed by atoms with Crippen LogP contribution in [0.1, 0.15) is 46.8 Å². The Morgan fingerprint density at radius 3 is 2.40 bits per heavy atom. The Morgan fingerprint density at radius 2 is 1.83 bits per heavy atom. The molecular weight excluding hydrogens is 448 g/mol. The minimum atomic E-state index is -1.47. The summed E-state index contributed by atoms with van der Waals surface area (Å²) >= 11 is 0. The Morgan fingerprint density at radius 1 is 1.11 bits per heavy atom. The van der Waals surface area contributed by atoms with E-state index in [4.69, 9.17) is 14.2 Å². The summed E-state index contributed by atoms with van der Waals surface area (Å²) in [5.74, 6) is -0.533. The molecule has 8 heteroatoms. The number of hydrogen-bond acceptors (Lipinski definition) is 8. The zero-order valence-corrected chi connectivity index (χ0v) is 20.9. The maximum atomic E-state index is 12.7. The second kappa shape index (κ2) is 13.5. The number of carbonyl (C=O) groups excluding carboxylic acids is 2. The first-order chi connectivity index (χ1) is 16.8. The van der Waals surface area contributed by atoms with Gasteiger partial charge in [0, 0.05) is 12.1 Å². The summed E-state index contributed by atoms with van der Waals surface area (Å²) in [6.07, 6.45) is 1.65. The molecule has 0 fully saturated rings. The third-order valence-corrected chi connectivity index (χ3v) is 6.01. The first-order valence-corrected chi connectivity index (χ1v) is 11.6. The molecule has 0 spiro atoms. The van der Waals surface area contributed by atoms with Crippen molar-refractivity contribution in [1.29, 1.82) is 5.26 Å². The molecule has 0 heterocycles. The highest BCUT2D eigenvalue weighted by Gasteiger charge is 2.42. The van der Waals surface area contributed by atoms with Crippen LogP contribution in [0.5, 0.6) is 5.75 Å². The maximum Gasteiger partial charge on any atom is 0.338 e. The maximum absolute atomic E-state index is 12.7. The highest BCUT2D eigenvalue weighted by Crippen LogP contribution is 2.34. The lowest BCUT2D eigenvalue weighted by Gasteiger charge is -2.26. The van der Waals surface area contributed by atoms with Gasteiger partial charge >= 0.3 is 11.9 Å². The van der Waals surface area contributed by atoms with Crippen LogP contribution in [0, 0.1) is 11.3 Å². The van der Waals surface area contributed by atoms with E-state index < -0.39 is 11.4 Å². The van der Waals surface area contributed by atoms with Crippen LogP contribution in [-0.4, -0.2) is 62.9 Å². The lowest BCUT2D eigenvalue weighted by Crippen LogP contribution is -2.36. The van der Waals surface area contributed by atoms with Crippen molar-refractivity contribution in [2.45, 2.75) is 38.2 Å². The topological polar surface area (TPSA) is 109 Å². The summed E-state index contributed by atoms with van der Waals surface area (Å²) in [4.78, 5) is 26.7. The van der Waals surface area contributed by atoms with Crippen LogP contribution in [0.15, 0.2) is 42.5 Å². The van der Waals surface area contributed by atoms with Crippen LogP contribution in [0.25, 0.3) is 0 Å². The number of aliphatic hydroxyl groups is 1. The standard InChI is InChI=1S/C27H34N2O6/c1-5-35-25(31)21-9-7-20(8-10-21)13-16-29(2)15-6-14-27(19-28,26(32)34-4)23-12-11-22(18-30)24(17-23)33-3/h7-12,17,30H,5-6,13-16,18H2,1-4H3. The van der Waals surface area contributed by atoms with Crippen LogP contribution in [-0.2, 0) is 32.7 Å². The van der Waals surface area contributed by atoms with Gasteiger partial charge in [-0.25, -0.2) is 9.59 Å². The Hall–Kier alpha value is -3.41.